The number of ether oxygens (including phenoxy) is 1. The van der Waals surface area contributed by atoms with E-state index < -0.39 is 5.82 Å². The molecule has 6 heteroatoms. The van der Waals surface area contributed by atoms with E-state index in [0.29, 0.717) is 37.0 Å². The smallest absolute Gasteiger partial charge is 0.221 e. The molecule has 5 nitrogen and oxygen atoms in total. The number of carbonyl (C=O) groups is 1. The largest absolute Gasteiger partial charge is 0.490 e. The van der Waals surface area contributed by atoms with Crippen molar-refractivity contribution in [2.24, 2.45) is 0 Å². The van der Waals surface area contributed by atoms with E-state index in [4.69, 9.17) is 10.5 Å². The summed E-state index contributed by atoms with van der Waals surface area (Å²) in [4.78, 5) is 11.6. The lowest BCUT2D eigenvalue weighted by molar-refractivity contribution is -0.120. The van der Waals surface area contributed by atoms with Gasteiger partial charge in [0, 0.05) is 31.1 Å². The van der Waals surface area contributed by atoms with E-state index >= 15 is 0 Å². The van der Waals surface area contributed by atoms with Crippen molar-refractivity contribution in [1.82, 2.24) is 5.32 Å². The van der Waals surface area contributed by atoms with Crippen LogP contribution in [-0.2, 0) is 4.79 Å². The van der Waals surface area contributed by atoms with Gasteiger partial charge in [0.05, 0.1) is 18.0 Å². The van der Waals surface area contributed by atoms with Crippen molar-refractivity contribution in [3.8, 4) is 5.75 Å². The van der Waals surface area contributed by atoms with Gasteiger partial charge in [-0.3, -0.25) is 4.79 Å². The molecule has 1 amide bonds. The molecule has 1 aromatic rings. The van der Waals surface area contributed by atoms with Crippen molar-refractivity contribution in [3.05, 3.63) is 17.9 Å². The molecule has 0 atom stereocenters. The molecule has 0 bridgehead atoms. The minimum absolute atomic E-state index is 0.0214. The lowest BCUT2D eigenvalue weighted by Crippen LogP contribution is -2.27. The van der Waals surface area contributed by atoms with Gasteiger partial charge in [-0.05, 0) is 19.3 Å². The molecule has 0 heterocycles. The molecule has 0 saturated heterocycles. The van der Waals surface area contributed by atoms with Crippen molar-refractivity contribution < 1.29 is 13.9 Å². The first-order valence-corrected chi connectivity index (χ1v) is 7.35. The Kier molecular flexibility index (Phi) is 5.25. The van der Waals surface area contributed by atoms with Crippen molar-refractivity contribution in [3.63, 3.8) is 0 Å². The summed E-state index contributed by atoms with van der Waals surface area (Å²) in [7, 11) is 0. The number of rotatable bonds is 8. The molecule has 1 aliphatic carbocycles. The molecule has 1 aromatic carbocycles. The number of hydrogen-bond acceptors (Lipinski definition) is 4. The molecule has 0 spiro atoms. The number of halogens is 1. The maximum Gasteiger partial charge on any atom is 0.221 e. The number of carbonyl (C=O) groups excluding carboxylic acids is 1. The first kappa shape index (κ1) is 15.4. The van der Waals surface area contributed by atoms with Crippen LogP contribution in [0.3, 0.4) is 0 Å². The minimum atomic E-state index is -0.474. The van der Waals surface area contributed by atoms with Crippen LogP contribution in [0.25, 0.3) is 0 Å². The number of nitrogens with one attached hydrogen (secondary N) is 2. The van der Waals surface area contributed by atoms with Crippen LogP contribution in [-0.4, -0.2) is 25.1 Å². The van der Waals surface area contributed by atoms with Crippen LogP contribution in [0.15, 0.2) is 12.1 Å². The van der Waals surface area contributed by atoms with Crippen molar-refractivity contribution in [1.29, 1.82) is 0 Å². The predicted octanol–water partition coefficient (Wildman–Crippen LogP) is 2.28. The quantitative estimate of drug-likeness (QED) is 0.643. The third-order valence-electron chi connectivity index (χ3n) is 3.18. The van der Waals surface area contributed by atoms with Crippen LogP contribution >= 0.6 is 0 Å². The van der Waals surface area contributed by atoms with E-state index in [9.17, 15) is 9.18 Å². The Morgan fingerprint density at radius 1 is 1.48 bits per heavy atom. The first-order chi connectivity index (χ1) is 10.1. The minimum Gasteiger partial charge on any atom is -0.490 e. The highest BCUT2D eigenvalue weighted by molar-refractivity contribution is 5.77. The van der Waals surface area contributed by atoms with E-state index in [1.807, 2.05) is 6.92 Å². The fourth-order valence-corrected chi connectivity index (χ4v) is 1.88. The summed E-state index contributed by atoms with van der Waals surface area (Å²) < 4.78 is 19.0. The number of amides is 1. The second-order valence-corrected chi connectivity index (χ2v) is 5.24. The van der Waals surface area contributed by atoms with E-state index in [-0.39, 0.29) is 11.7 Å². The Labute approximate surface area is 124 Å². The van der Waals surface area contributed by atoms with Gasteiger partial charge in [0.2, 0.25) is 5.91 Å². The highest BCUT2D eigenvalue weighted by Gasteiger charge is 2.22. The van der Waals surface area contributed by atoms with E-state index in [2.05, 4.69) is 10.6 Å². The van der Waals surface area contributed by atoms with Gasteiger partial charge in [-0.2, -0.15) is 0 Å². The fraction of sp³-hybridized carbons (Fsp3) is 0.533. The average molecular weight is 295 g/mol. The SMILES string of the molecule is CCCOc1cc(NCCC(=O)NC2CC2)c(N)cc1F. The summed E-state index contributed by atoms with van der Waals surface area (Å²) in [6.07, 6.45) is 3.30. The Morgan fingerprint density at radius 3 is 2.90 bits per heavy atom. The summed E-state index contributed by atoms with van der Waals surface area (Å²) in [5, 5.41) is 5.96. The lowest BCUT2D eigenvalue weighted by atomic mass is 10.2. The molecule has 0 aromatic heterocycles. The van der Waals surface area contributed by atoms with Crippen LogP contribution < -0.4 is 21.1 Å². The van der Waals surface area contributed by atoms with Gasteiger partial charge in [-0.1, -0.05) is 6.92 Å². The third-order valence-corrected chi connectivity index (χ3v) is 3.18. The Hall–Kier alpha value is -1.98. The normalized spacial score (nSPS) is 13.8. The van der Waals surface area contributed by atoms with Gasteiger partial charge in [-0.25, -0.2) is 4.39 Å². The summed E-state index contributed by atoms with van der Waals surface area (Å²) in [5.41, 5.74) is 6.66. The van der Waals surface area contributed by atoms with Gasteiger partial charge >= 0.3 is 0 Å². The highest BCUT2D eigenvalue weighted by Crippen LogP contribution is 2.28. The van der Waals surface area contributed by atoms with Crippen LogP contribution in [0.1, 0.15) is 32.6 Å². The molecule has 116 valence electrons. The van der Waals surface area contributed by atoms with Crippen molar-refractivity contribution in [2.75, 3.05) is 24.2 Å². The zero-order valence-electron chi connectivity index (χ0n) is 12.2. The van der Waals surface area contributed by atoms with Crippen LogP contribution in [0.4, 0.5) is 15.8 Å². The summed E-state index contributed by atoms with van der Waals surface area (Å²) in [6, 6.07) is 3.14. The molecule has 1 fully saturated rings. The van der Waals surface area contributed by atoms with Crippen LogP contribution in [0.2, 0.25) is 0 Å². The molecule has 0 unspecified atom stereocenters. The zero-order valence-corrected chi connectivity index (χ0v) is 12.2. The van der Waals surface area contributed by atoms with Crippen molar-refractivity contribution >= 4 is 17.3 Å². The second kappa shape index (κ2) is 7.15. The van der Waals surface area contributed by atoms with E-state index in [0.717, 1.165) is 19.3 Å². The Morgan fingerprint density at radius 2 is 2.24 bits per heavy atom. The van der Waals surface area contributed by atoms with Gasteiger partial charge in [-0.15, -0.1) is 0 Å². The highest BCUT2D eigenvalue weighted by atomic mass is 19.1. The zero-order chi connectivity index (χ0) is 15.2. The number of hydrogen-bond donors (Lipinski definition) is 3. The number of nitrogens with two attached hydrogens (primary N) is 1. The van der Waals surface area contributed by atoms with Crippen LogP contribution in [0.5, 0.6) is 5.75 Å². The monoisotopic (exact) mass is 295 g/mol. The lowest BCUT2D eigenvalue weighted by Gasteiger charge is -2.13. The van der Waals surface area contributed by atoms with E-state index in [1.54, 1.807) is 6.07 Å². The molecule has 2 rings (SSSR count). The van der Waals surface area contributed by atoms with E-state index in [1.165, 1.54) is 6.07 Å². The standard InChI is InChI=1S/C15H22FN3O2/c1-2-7-21-14-9-13(12(17)8-11(14)16)18-6-5-15(20)19-10-3-4-10/h8-10,18H,2-7,17H2,1H3,(H,19,20). The maximum absolute atomic E-state index is 13.7. The third kappa shape index (κ3) is 4.81. The van der Waals surface area contributed by atoms with Gasteiger partial charge in [0.15, 0.2) is 11.6 Å². The number of anilines is 2. The average Bonchev–Trinajstić information content (AvgIpc) is 3.24. The first-order valence-electron chi connectivity index (χ1n) is 7.35. The molecule has 1 saturated carbocycles. The number of nitrogen functional groups attached to an aromatic ring is 1. The number of benzene rings is 1. The molecule has 0 aliphatic heterocycles. The molecule has 1 aliphatic rings. The summed E-state index contributed by atoms with van der Waals surface area (Å²) >= 11 is 0. The Balaban J connectivity index is 1.87. The summed E-state index contributed by atoms with van der Waals surface area (Å²) in [6.45, 7) is 2.85. The molecular weight excluding hydrogens is 273 g/mol. The molecule has 0 radical (unpaired) electrons. The predicted molar refractivity (Wildman–Crippen MR) is 80.9 cm³/mol. The fourth-order valence-electron chi connectivity index (χ4n) is 1.88. The maximum atomic E-state index is 13.7. The van der Waals surface area contributed by atoms with Crippen molar-refractivity contribution in [2.45, 2.75) is 38.6 Å². The van der Waals surface area contributed by atoms with Crippen LogP contribution in [0, 0.1) is 5.82 Å². The van der Waals surface area contributed by atoms with Gasteiger partial charge in [0.1, 0.15) is 0 Å². The topological polar surface area (TPSA) is 76.4 Å². The molecule has 4 N–H and O–H groups in total. The molecular formula is C15H22FN3O2. The summed E-state index contributed by atoms with van der Waals surface area (Å²) in [5.74, 6) is -0.276. The van der Waals surface area contributed by atoms with Gasteiger partial charge < -0.3 is 21.1 Å². The van der Waals surface area contributed by atoms with Gasteiger partial charge in [0.25, 0.3) is 0 Å². The Bertz CT molecular complexity index is 504. The second-order valence-electron chi connectivity index (χ2n) is 5.24. The molecule has 21 heavy (non-hydrogen) atoms.